The summed E-state index contributed by atoms with van der Waals surface area (Å²) in [5.41, 5.74) is 1.55. The molecular weight excluding hydrogens is 355 g/mol. The topological polar surface area (TPSA) is 45.7 Å². The van der Waals surface area contributed by atoms with E-state index in [0.717, 1.165) is 5.56 Å². The summed E-state index contributed by atoms with van der Waals surface area (Å²) >= 11 is 18.1. The van der Waals surface area contributed by atoms with Gasteiger partial charge in [-0.05, 0) is 38.1 Å². The number of carbonyl (C=O) groups is 1. The molecule has 0 aromatic heterocycles. The Hall–Kier alpha value is -1.26. The molecule has 0 unspecified atom stereocenters. The Bertz CT molecular complexity index is 706. The predicted octanol–water partition coefficient (Wildman–Crippen LogP) is 4.30. The molecule has 0 aliphatic carbocycles. The first-order valence-corrected chi connectivity index (χ1v) is 8.37. The van der Waals surface area contributed by atoms with E-state index in [2.05, 4.69) is 5.32 Å². The van der Waals surface area contributed by atoms with E-state index in [1.165, 1.54) is 0 Å². The van der Waals surface area contributed by atoms with E-state index >= 15 is 0 Å². The standard InChI is InChI=1S/C17H17Cl3N2O/c1-10(13-5-3-4-6-14(13)19)21-11(2)17(23)22-16-8-7-12(18)9-15(16)20/h3-11,21H,1-2H3,(H,22,23)/p+1/t10-,11-/m0/s1. The fraction of sp³-hybridized carbons (Fsp3) is 0.235. The number of benzene rings is 2. The molecule has 3 N–H and O–H groups in total. The van der Waals surface area contributed by atoms with Crippen LogP contribution in [0.3, 0.4) is 0 Å². The first-order valence-electron chi connectivity index (χ1n) is 7.24. The molecule has 0 spiro atoms. The third-order valence-corrected chi connectivity index (χ3v) is 4.47. The number of carbonyl (C=O) groups excluding carboxylic acids is 1. The Morgan fingerprint density at radius 2 is 1.74 bits per heavy atom. The zero-order chi connectivity index (χ0) is 17.0. The summed E-state index contributed by atoms with van der Waals surface area (Å²) in [7, 11) is 0. The van der Waals surface area contributed by atoms with Crippen LogP contribution in [0.5, 0.6) is 0 Å². The van der Waals surface area contributed by atoms with E-state index in [0.29, 0.717) is 20.8 Å². The number of amides is 1. The summed E-state index contributed by atoms with van der Waals surface area (Å²) in [4.78, 5) is 12.3. The number of nitrogens with one attached hydrogen (secondary N) is 1. The quantitative estimate of drug-likeness (QED) is 0.807. The average molecular weight is 373 g/mol. The van der Waals surface area contributed by atoms with Crippen molar-refractivity contribution in [3.05, 3.63) is 63.1 Å². The molecule has 6 heteroatoms. The van der Waals surface area contributed by atoms with E-state index in [4.69, 9.17) is 34.8 Å². The Labute approximate surface area is 150 Å². The van der Waals surface area contributed by atoms with Crippen LogP contribution in [0.4, 0.5) is 5.69 Å². The Morgan fingerprint density at radius 1 is 1.04 bits per heavy atom. The van der Waals surface area contributed by atoms with E-state index in [9.17, 15) is 4.79 Å². The van der Waals surface area contributed by atoms with Crippen LogP contribution in [0.2, 0.25) is 15.1 Å². The maximum atomic E-state index is 12.3. The van der Waals surface area contributed by atoms with Crippen molar-refractivity contribution in [3.8, 4) is 0 Å². The van der Waals surface area contributed by atoms with Gasteiger partial charge < -0.3 is 10.6 Å². The second kappa shape index (κ2) is 8.02. The van der Waals surface area contributed by atoms with Crippen LogP contribution in [0, 0.1) is 0 Å². The van der Waals surface area contributed by atoms with Gasteiger partial charge in [0.1, 0.15) is 6.04 Å². The fourth-order valence-corrected chi connectivity index (χ4v) is 3.07. The van der Waals surface area contributed by atoms with E-state index < -0.39 is 0 Å². The van der Waals surface area contributed by atoms with Gasteiger partial charge in [0.2, 0.25) is 0 Å². The second-order valence-corrected chi connectivity index (χ2v) is 6.66. The first kappa shape index (κ1) is 18.1. The highest BCUT2D eigenvalue weighted by Crippen LogP contribution is 2.25. The smallest absolute Gasteiger partial charge is 0.282 e. The lowest BCUT2D eigenvalue weighted by Gasteiger charge is -2.18. The minimum Gasteiger partial charge on any atom is -0.330 e. The highest BCUT2D eigenvalue weighted by Gasteiger charge is 2.22. The summed E-state index contributed by atoms with van der Waals surface area (Å²) in [6.07, 6.45) is 0. The number of hydrogen-bond acceptors (Lipinski definition) is 1. The van der Waals surface area contributed by atoms with Gasteiger partial charge in [0.05, 0.1) is 10.7 Å². The van der Waals surface area contributed by atoms with Gasteiger partial charge in [-0.2, -0.15) is 0 Å². The van der Waals surface area contributed by atoms with Crippen LogP contribution >= 0.6 is 34.8 Å². The number of nitrogens with two attached hydrogens (primary N) is 1. The van der Waals surface area contributed by atoms with E-state index in [1.54, 1.807) is 18.2 Å². The molecule has 0 fully saturated rings. The molecule has 122 valence electrons. The molecule has 23 heavy (non-hydrogen) atoms. The molecule has 2 rings (SSSR count). The summed E-state index contributed by atoms with van der Waals surface area (Å²) < 4.78 is 0. The van der Waals surface area contributed by atoms with Gasteiger partial charge in [-0.15, -0.1) is 0 Å². The van der Waals surface area contributed by atoms with Gasteiger partial charge in [0.15, 0.2) is 6.04 Å². The van der Waals surface area contributed by atoms with Gasteiger partial charge in [0.25, 0.3) is 5.91 Å². The van der Waals surface area contributed by atoms with Gasteiger partial charge in [-0.1, -0.05) is 53.0 Å². The lowest BCUT2D eigenvalue weighted by atomic mass is 10.1. The van der Waals surface area contributed by atoms with E-state index in [1.807, 2.05) is 43.4 Å². The third kappa shape index (κ3) is 4.85. The summed E-state index contributed by atoms with van der Waals surface area (Å²) in [6, 6.07) is 12.4. The maximum absolute atomic E-state index is 12.3. The predicted molar refractivity (Wildman–Crippen MR) is 96.3 cm³/mol. The average Bonchev–Trinajstić information content (AvgIpc) is 2.50. The van der Waals surface area contributed by atoms with Crippen molar-refractivity contribution in [1.29, 1.82) is 0 Å². The van der Waals surface area contributed by atoms with Crippen LogP contribution in [0.1, 0.15) is 25.5 Å². The highest BCUT2D eigenvalue weighted by atomic mass is 35.5. The van der Waals surface area contributed by atoms with Gasteiger partial charge in [-0.3, -0.25) is 4.79 Å². The van der Waals surface area contributed by atoms with Crippen LogP contribution in [-0.4, -0.2) is 11.9 Å². The van der Waals surface area contributed by atoms with Crippen molar-refractivity contribution in [2.75, 3.05) is 5.32 Å². The van der Waals surface area contributed by atoms with Crippen LogP contribution < -0.4 is 10.6 Å². The zero-order valence-corrected chi connectivity index (χ0v) is 15.1. The minimum atomic E-state index is -0.298. The summed E-state index contributed by atoms with van der Waals surface area (Å²) in [6.45, 7) is 3.85. The molecule has 0 saturated heterocycles. The molecule has 0 radical (unpaired) electrons. The highest BCUT2D eigenvalue weighted by molar-refractivity contribution is 6.36. The molecule has 1 amide bonds. The monoisotopic (exact) mass is 371 g/mol. The van der Waals surface area contributed by atoms with Crippen LogP contribution in [0.25, 0.3) is 0 Å². The molecule has 0 heterocycles. The van der Waals surface area contributed by atoms with E-state index in [-0.39, 0.29) is 18.0 Å². The number of hydrogen-bond donors (Lipinski definition) is 2. The normalized spacial score (nSPS) is 13.4. The lowest BCUT2D eigenvalue weighted by Crippen LogP contribution is -2.91. The number of anilines is 1. The summed E-state index contributed by atoms with van der Waals surface area (Å²) in [5, 5.41) is 6.41. The largest absolute Gasteiger partial charge is 0.330 e. The van der Waals surface area contributed by atoms with Crippen molar-refractivity contribution in [1.82, 2.24) is 0 Å². The van der Waals surface area contributed by atoms with Gasteiger partial charge >= 0.3 is 0 Å². The molecule has 0 saturated carbocycles. The lowest BCUT2D eigenvalue weighted by molar-refractivity contribution is -0.709. The minimum absolute atomic E-state index is 0.0603. The van der Waals surface area contributed by atoms with Crippen molar-refractivity contribution in [2.24, 2.45) is 0 Å². The molecular formula is C17H18Cl3N2O+. The Morgan fingerprint density at radius 3 is 2.39 bits per heavy atom. The number of quaternary nitrogens is 1. The second-order valence-electron chi connectivity index (χ2n) is 5.40. The van der Waals surface area contributed by atoms with Crippen LogP contribution in [0.15, 0.2) is 42.5 Å². The SMILES string of the molecule is C[C@H]([NH2+][C@@H](C)c1ccccc1Cl)C(=O)Nc1ccc(Cl)cc1Cl. The zero-order valence-electron chi connectivity index (χ0n) is 12.8. The fourth-order valence-electron chi connectivity index (χ4n) is 2.31. The van der Waals surface area contributed by atoms with Crippen molar-refractivity contribution < 1.29 is 10.1 Å². The third-order valence-electron chi connectivity index (χ3n) is 3.58. The van der Waals surface area contributed by atoms with Gasteiger partial charge in [-0.25, -0.2) is 0 Å². The first-order chi connectivity index (χ1) is 10.9. The van der Waals surface area contributed by atoms with Crippen molar-refractivity contribution >= 4 is 46.4 Å². The summed E-state index contributed by atoms with van der Waals surface area (Å²) in [5.74, 6) is -0.131. The molecule has 2 atom stereocenters. The number of halogens is 3. The molecule has 3 nitrogen and oxygen atoms in total. The maximum Gasteiger partial charge on any atom is 0.282 e. The van der Waals surface area contributed by atoms with Gasteiger partial charge in [0, 0.05) is 15.6 Å². The molecule has 2 aromatic rings. The van der Waals surface area contributed by atoms with Crippen molar-refractivity contribution in [3.63, 3.8) is 0 Å². The van der Waals surface area contributed by atoms with Crippen LogP contribution in [-0.2, 0) is 4.79 Å². The molecule has 0 aliphatic rings. The number of rotatable bonds is 5. The Kier molecular flexibility index (Phi) is 6.31. The van der Waals surface area contributed by atoms with Crippen molar-refractivity contribution in [2.45, 2.75) is 25.9 Å². The molecule has 0 bridgehead atoms. The molecule has 2 aromatic carbocycles. The molecule has 0 aliphatic heterocycles. The Balaban J connectivity index is 2.01.